The minimum Gasteiger partial charge on any atom is -0.480 e. The van der Waals surface area contributed by atoms with Gasteiger partial charge in [0.15, 0.2) is 0 Å². The van der Waals surface area contributed by atoms with Crippen molar-refractivity contribution in [3.63, 3.8) is 0 Å². The Morgan fingerprint density at radius 1 is 0.969 bits per heavy atom. The molecule has 10 N–H and O–H groups in total. The Labute approximate surface area is 182 Å². The Morgan fingerprint density at radius 3 is 2.25 bits per heavy atom. The molecule has 0 aliphatic carbocycles. The van der Waals surface area contributed by atoms with Gasteiger partial charge < -0.3 is 37.9 Å². The minimum atomic E-state index is -1.31. The fraction of sp³-hybridized carbons (Fsp3) is 0.350. The number of hydrogen-bond acceptors (Lipinski definition) is 6. The Morgan fingerprint density at radius 2 is 1.62 bits per heavy atom. The quantitative estimate of drug-likeness (QED) is 0.198. The average Bonchev–Trinajstić information content (AvgIpc) is 3.12. The van der Waals surface area contributed by atoms with E-state index in [9.17, 15) is 29.1 Å². The van der Waals surface area contributed by atoms with E-state index >= 15 is 0 Å². The van der Waals surface area contributed by atoms with Gasteiger partial charge in [0.2, 0.25) is 23.6 Å². The summed E-state index contributed by atoms with van der Waals surface area (Å²) in [5.74, 6) is -4.49. The Balaban J connectivity index is 2.14. The van der Waals surface area contributed by atoms with Gasteiger partial charge in [0.05, 0.1) is 12.5 Å². The van der Waals surface area contributed by atoms with Crippen LogP contribution in [0.1, 0.15) is 24.8 Å². The van der Waals surface area contributed by atoms with Crippen molar-refractivity contribution in [2.75, 3.05) is 0 Å². The fourth-order valence-corrected chi connectivity index (χ4v) is 3.14. The van der Waals surface area contributed by atoms with Crippen molar-refractivity contribution in [3.05, 3.63) is 36.0 Å². The number of aromatic nitrogens is 1. The highest BCUT2D eigenvalue weighted by Crippen LogP contribution is 2.19. The number of hydrogen-bond donors (Lipinski definition) is 7. The zero-order valence-corrected chi connectivity index (χ0v) is 17.2. The Kier molecular flexibility index (Phi) is 8.30. The van der Waals surface area contributed by atoms with Gasteiger partial charge >= 0.3 is 5.97 Å². The number of nitrogens with two attached hydrogens (primary N) is 3. The van der Waals surface area contributed by atoms with Gasteiger partial charge in [0.25, 0.3) is 0 Å². The highest BCUT2D eigenvalue weighted by atomic mass is 16.4. The maximum Gasteiger partial charge on any atom is 0.326 e. The molecular formula is C20H26N6O6. The number of nitrogens with one attached hydrogen (secondary N) is 3. The summed E-state index contributed by atoms with van der Waals surface area (Å²) in [4.78, 5) is 61.9. The van der Waals surface area contributed by atoms with E-state index in [2.05, 4.69) is 15.6 Å². The van der Waals surface area contributed by atoms with Gasteiger partial charge in [0, 0.05) is 29.9 Å². The molecule has 0 saturated heterocycles. The lowest BCUT2D eigenvalue weighted by molar-refractivity contribution is -0.142. The molecule has 0 radical (unpaired) electrons. The van der Waals surface area contributed by atoms with Crippen LogP contribution in [0.3, 0.4) is 0 Å². The number of para-hydroxylation sites is 1. The van der Waals surface area contributed by atoms with Crippen molar-refractivity contribution in [1.29, 1.82) is 0 Å². The van der Waals surface area contributed by atoms with Crippen LogP contribution in [0.5, 0.6) is 0 Å². The van der Waals surface area contributed by atoms with Crippen molar-refractivity contribution in [1.82, 2.24) is 15.6 Å². The molecule has 0 fully saturated rings. The van der Waals surface area contributed by atoms with Gasteiger partial charge in [-0.05, 0) is 18.1 Å². The minimum absolute atomic E-state index is 0.0250. The van der Waals surface area contributed by atoms with Crippen LogP contribution in [-0.2, 0) is 30.4 Å². The molecule has 0 aliphatic rings. The van der Waals surface area contributed by atoms with Crippen LogP contribution in [0.15, 0.2) is 30.5 Å². The second-order valence-corrected chi connectivity index (χ2v) is 7.31. The lowest BCUT2D eigenvalue weighted by Gasteiger charge is -2.22. The molecule has 2 rings (SSSR count). The molecule has 32 heavy (non-hydrogen) atoms. The first-order chi connectivity index (χ1) is 15.1. The van der Waals surface area contributed by atoms with Crippen molar-refractivity contribution < 1.29 is 29.1 Å². The molecule has 1 aromatic heterocycles. The van der Waals surface area contributed by atoms with Crippen LogP contribution in [0.4, 0.5) is 0 Å². The number of carboxylic acid groups (broad SMARTS) is 1. The van der Waals surface area contributed by atoms with Crippen LogP contribution in [0, 0.1) is 0 Å². The maximum absolute atomic E-state index is 12.8. The summed E-state index contributed by atoms with van der Waals surface area (Å²) in [5.41, 5.74) is 17.2. The van der Waals surface area contributed by atoms with E-state index in [-0.39, 0.29) is 19.3 Å². The van der Waals surface area contributed by atoms with E-state index in [1.165, 1.54) is 0 Å². The highest BCUT2D eigenvalue weighted by molar-refractivity contribution is 5.94. The van der Waals surface area contributed by atoms with Crippen molar-refractivity contribution in [2.45, 2.75) is 43.8 Å². The van der Waals surface area contributed by atoms with Gasteiger partial charge in [-0.3, -0.25) is 19.2 Å². The van der Waals surface area contributed by atoms with Crippen LogP contribution in [0.25, 0.3) is 10.9 Å². The first-order valence-electron chi connectivity index (χ1n) is 9.79. The van der Waals surface area contributed by atoms with Crippen molar-refractivity contribution in [3.8, 4) is 0 Å². The number of aromatic amines is 1. The average molecular weight is 446 g/mol. The van der Waals surface area contributed by atoms with Gasteiger partial charge in [0.1, 0.15) is 12.1 Å². The number of H-pyrrole nitrogens is 1. The SMILES string of the molecule is NC(=O)CCC(NC(=O)C(N)CC(N)=O)C(=O)NC(Cc1c[nH]c2ccccc12)C(=O)O. The molecule has 3 atom stereocenters. The van der Waals surface area contributed by atoms with E-state index in [1.807, 2.05) is 18.2 Å². The predicted molar refractivity (Wildman–Crippen MR) is 114 cm³/mol. The maximum atomic E-state index is 12.8. The van der Waals surface area contributed by atoms with Gasteiger partial charge in [-0.2, -0.15) is 0 Å². The van der Waals surface area contributed by atoms with E-state index in [0.717, 1.165) is 10.9 Å². The van der Waals surface area contributed by atoms with Crippen LogP contribution >= 0.6 is 0 Å². The molecule has 0 aliphatic heterocycles. The molecule has 1 aromatic carbocycles. The number of fused-ring (bicyclic) bond motifs is 1. The molecule has 0 spiro atoms. The predicted octanol–water partition coefficient (Wildman–Crippen LogP) is -1.77. The van der Waals surface area contributed by atoms with E-state index in [4.69, 9.17) is 17.2 Å². The topological polar surface area (TPSA) is 223 Å². The number of carbonyl (C=O) groups excluding carboxylic acids is 4. The zero-order valence-electron chi connectivity index (χ0n) is 17.2. The Hall–Kier alpha value is -3.93. The standard InChI is InChI=1S/C20H26N6O6/c21-12(8-17(23)28)18(29)25-14(5-6-16(22)27)19(30)26-15(20(31)32)7-10-9-24-13-4-2-1-3-11(10)13/h1-4,9,12,14-15,24H,5-8,21H2,(H2,22,27)(H2,23,28)(H,25,29)(H,26,30)(H,31,32). The molecule has 0 saturated carbocycles. The molecule has 12 heteroatoms. The monoisotopic (exact) mass is 446 g/mol. The summed E-state index contributed by atoms with van der Waals surface area (Å²) in [6, 6.07) is 3.37. The summed E-state index contributed by atoms with van der Waals surface area (Å²) in [6.45, 7) is 0. The molecule has 3 unspecified atom stereocenters. The highest BCUT2D eigenvalue weighted by Gasteiger charge is 2.29. The summed E-state index contributed by atoms with van der Waals surface area (Å²) in [6.07, 6.45) is 0.748. The van der Waals surface area contributed by atoms with Crippen LogP contribution < -0.4 is 27.8 Å². The molecule has 12 nitrogen and oxygen atoms in total. The van der Waals surface area contributed by atoms with E-state index in [0.29, 0.717) is 5.56 Å². The molecular weight excluding hydrogens is 420 g/mol. The molecule has 172 valence electrons. The number of aliphatic carboxylic acids is 1. The van der Waals surface area contributed by atoms with Crippen LogP contribution in [0.2, 0.25) is 0 Å². The van der Waals surface area contributed by atoms with Gasteiger partial charge in [-0.15, -0.1) is 0 Å². The zero-order chi connectivity index (χ0) is 23.8. The smallest absolute Gasteiger partial charge is 0.326 e. The van der Waals surface area contributed by atoms with Gasteiger partial charge in [-0.1, -0.05) is 18.2 Å². The second kappa shape index (κ2) is 10.9. The summed E-state index contributed by atoms with van der Waals surface area (Å²) >= 11 is 0. The summed E-state index contributed by atoms with van der Waals surface area (Å²) in [7, 11) is 0. The first kappa shape index (κ1) is 24.3. The third kappa shape index (κ3) is 6.80. The molecule has 0 bridgehead atoms. The second-order valence-electron chi connectivity index (χ2n) is 7.31. The Bertz CT molecular complexity index is 1020. The van der Waals surface area contributed by atoms with Crippen LogP contribution in [-0.4, -0.2) is 57.8 Å². The number of carbonyl (C=O) groups is 5. The molecule has 4 amide bonds. The first-order valence-corrected chi connectivity index (χ1v) is 9.79. The third-order valence-electron chi connectivity index (χ3n) is 4.78. The summed E-state index contributed by atoms with van der Waals surface area (Å²) < 4.78 is 0. The summed E-state index contributed by atoms with van der Waals surface area (Å²) in [5, 5.41) is 15.1. The normalized spacial score (nSPS) is 13.7. The van der Waals surface area contributed by atoms with Gasteiger partial charge in [-0.25, -0.2) is 4.79 Å². The number of carboxylic acids is 1. The molecule has 1 heterocycles. The number of primary amides is 2. The van der Waals surface area contributed by atoms with E-state index < -0.39 is 54.1 Å². The van der Waals surface area contributed by atoms with Crippen molar-refractivity contribution in [2.24, 2.45) is 17.2 Å². The number of benzene rings is 1. The molecule has 2 aromatic rings. The van der Waals surface area contributed by atoms with E-state index in [1.54, 1.807) is 12.3 Å². The lowest BCUT2D eigenvalue weighted by atomic mass is 10.0. The number of amides is 4. The fourth-order valence-electron chi connectivity index (χ4n) is 3.14. The largest absolute Gasteiger partial charge is 0.480 e. The lowest BCUT2D eigenvalue weighted by Crippen LogP contribution is -2.55. The van der Waals surface area contributed by atoms with Crippen molar-refractivity contribution >= 4 is 40.5 Å². The third-order valence-corrected chi connectivity index (χ3v) is 4.78. The number of rotatable bonds is 12.